The highest BCUT2D eigenvalue weighted by Crippen LogP contribution is 2.29. The lowest BCUT2D eigenvalue weighted by molar-refractivity contribution is -0.322. The molecule has 1 fully saturated rings. The van der Waals surface area contributed by atoms with Crippen molar-refractivity contribution in [1.29, 1.82) is 0 Å². The largest absolute Gasteiger partial charge is 0.394 e. The third-order valence-electron chi connectivity index (χ3n) is 5.63. The normalized spacial score (nSPS) is 25.1. The maximum absolute atomic E-state index is 10.9. The van der Waals surface area contributed by atoms with Crippen molar-refractivity contribution in [3.8, 4) is 0 Å². The summed E-state index contributed by atoms with van der Waals surface area (Å²) in [4.78, 5) is 0. The first-order valence-electron chi connectivity index (χ1n) is 11.2. The van der Waals surface area contributed by atoms with Crippen LogP contribution in [0.3, 0.4) is 0 Å². The van der Waals surface area contributed by atoms with Gasteiger partial charge in [0.25, 0.3) is 0 Å². The fourth-order valence-corrected chi connectivity index (χ4v) is 3.83. The summed E-state index contributed by atoms with van der Waals surface area (Å²) in [6.07, 6.45) is -4.19. The number of rotatable bonds is 10. The highest BCUT2D eigenvalue weighted by Gasteiger charge is 2.47. The van der Waals surface area contributed by atoms with Crippen molar-refractivity contribution < 1.29 is 29.2 Å². The van der Waals surface area contributed by atoms with Gasteiger partial charge in [-0.25, -0.2) is 0 Å². The first-order valence-corrected chi connectivity index (χ1v) is 11.2. The first kappa shape index (κ1) is 23.6. The molecule has 33 heavy (non-hydrogen) atoms. The summed E-state index contributed by atoms with van der Waals surface area (Å²) >= 11 is 0. The molecule has 0 aliphatic carbocycles. The second-order valence-corrected chi connectivity index (χ2v) is 8.04. The second kappa shape index (κ2) is 12.0. The van der Waals surface area contributed by atoms with Gasteiger partial charge in [0.05, 0.1) is 26.4 Å². The van der Waals surface area contributed by atoms with E-state index < -0.39 is 30.7 Å². The minimum Gasteiger partial charge on any atom is -0.394 e. The fraction of sp³-hybridized carbons (Fsp3) is 0.333. The summed E-state index contributed by atoms with van der Waals surface area (Å²) in [5.41, 5.74) is 2.94. The van der Waals surface area contributed by atoms with Crippen LogP contribution in [0.4, 0.5) is 0 Å². The van der Waals surface area contributed by atoms with Crippen LogP contribution in [0, 0.1) is 0 Å². The van der Waals surface area contributed by atoms with Crippen molar-refractivity contribution in [3.05, 3.63) is 108 Å². The van der Waals surface area contributed by atoms with E-state index in [1.165, 1.54) is 0 Å². The minimum atomic E-state index is -1.07. The van der Waals surface area contributed by atoms with Crippen LogP contribution in [0.5, 0.6) is 0 Å². The molecule has 4 rings (SSSR count). The van der Waals surface area contributed by atoms with Crippen LogP contribution in [-0.4, -0.2) is 47.5 Å². The molecule has 0 amide bonds. The third kappa shape index (κ3) is 6.48. The quantitative estimate of drug-likeness (QED) is 0.493. The van der Waals surface area contributed by atoms with Crippen LogP contribution in [-0.2, 0) is 38.8 Å². The van der Waals surface area contributed by atoms with Crippen molar-refractivity contribution in [2.75, 3.05) is 6.61 Å². The Bertz CT molecular complexity index is 937. The molecule has 2 N–H and O–H groups in total. The molecule has 0 radical (unpaired) electrons. The van der Waals surface area contributed by atoms with E-state index in [4.69, 9.17) is 18.9 Å². The molecule has 1 saturated heterocycles. The van der Waals surface area contributed by atoms with E-state index in [9.17, 15) is 10.2 Å². The molecule has 6 heteroatoms. The number of benzene rings is 3. The zero-order valence-electron chi connectivity index (χ0n) is 18.4. The molecule has 3 aromatic carbocycles. The molecule has 1 aliphatic rings. The predicted molar refractivity (Wildman–Crippen MR) is 123 cm³/mol. The molecule has 3 aromatic rings. The number of hydrogen-bond acceptors (Lipinski definition) is 6. The Labute approximate surface area is 194 Å². The smallest absolute Gasteiger partial charge is 0.187 e. The minimum absolute atomic E-state index is 0.289. The lowest BCUT2D eigenvalue weighted by atomic mass is 9.98. The van der Waals surface area contributed by atoms with E-state index in [-0.39, 0.29) is 13.2 Å². The SMILES string of the molecule is OC[C@H]1O[C@@H](OCc2ccccc2)[C@H](OCc2ccccc2)[C@@H](OCc2ccccc2)[C@H]1O. The van der Waals surface area contributed by atoms with Crippen LogP contribution >= 0.6 is 0 Å². The van der Waals surface area contributed by atoms with Gasteiger partial charge in [0.15, 0.2) is 6.29 Å². The summed E-state index contributed by atoms with van der Waals surface area (Å²) in [6, 6.07) is 29.2. The Hall–Kier alpha value is -2.58. The van der Waals surface area contributed by atoms with Gasteiger partial charge in [0.2, 0.25) is 0 Å². The molecule has 5 atom stereocenters. The monoisotopic (exact) mass is 450 g/mol. The van der Waals surface area contributed by atoms with Crippen molar-refractivity contribution in [1.82, 2.24) is 0 Å². The molecule has 6 nitrogen and oxygen atoms in total. The van der Waals surface area contributed by atoms with Crippen LogP contribution < -0.4 is 0 Å². The highest BCUT2D eigenvalue weighted by molar-refractivity contribution is 5.15. The van der Waals surface area contributed by atoms with Gasteiger partial charge in [-0.2, -0.15) is 0 Å². The Morgan fingerprint density at radius 1 is 0.606 bits per heavy atom. The maximum Gasteiger partial charge on any atom is 0.187 e. The van der Waals surface area contributed by atoms with Crippen LogP contribution in [0.1, 0.15) is 16.7 Å². The Morgan fingerprint density at radius 3 is 1.48 bits per heavy atom. The van der Waals surface area contributed by atoms with Crippen molar-refractivity contribution in [3.63, 3.8) is 0 Å². The molecular formula is C27H30O6. The highest BCUT2D eigenvalue weighted by atomic mass is 16.7. The van der Waals surface area contributed by atoms with Crippen molar-refractivity contribution in [2.45, 2.75) is 50.5 Å². The molecule has 1 aliphatic heterocycles. The first-order chi connectivity index (χ1) is 16.2. The molecule has 0 aromatic heterocycles. The topological polar surface area (TPSA) is 77.4 Å². The Morgan fingerprint density at radius 2 is 1.03 bits per heavy atom. The van der Waals surface area contributed by atoms with Gasteiger partial charge in [-0.05, 0) is 16.7 Å². The molecule has 0 saturated carbocycles. The standard InChI is InChI=1S/C27H30O6/c28-16-23-24(29)25(30-17-20-10-4-1-5-11-20)26(31-18-21-12-6-2-7-13-21)27(33-23)32-19-22-14-8-3-9-15-22/h1-15,23-29H,16-19H2/t23-,24+,25+,26-,27-/m1/s1. The zero-order chi connectivity index (χ0) is 22.9. The zero-order valence-corrected chi connectivity index (χ0v) is 18.4. The predicted octanol–water partition coefficient (Wildman–Crippen LogP) is 3.45. The van der Waals surface area contributed by atoms with E-state index in [0.717, 1.165) is 16.7 Å². The Kier molecular flexibility index (Phi) is 8.60. The van der Waals surface area contributed by atoms with E-state index >= 15 is 0 Å². The lowest BCUT2D eigenvalue weighted by Crippen LogP contribution is -2.60. The lowest BCUT2D eigenvalue weighted by Gasteiger charge is -2.43. The average Bonchev–Trinajstić information content (AvgIpc) is 2.88. The molecule has 0 bridgehead atoms. The molecule has 0 unspecified atom stereocenters. The molecule has 0 spiro atoms. The van der Waals surface area contributed by atoms with Gasteiger partial charge in [0.1, 0.15) is 24.4 Å². The summed E-state index contributed by atoms with van der Waals surface area (Å²) in [5, 5.41) is 20.8. The van der Waals surface area contributed by atoms with E-state index in [2.05, 4.69) is 0 Å². The number of ether oxygens (including phenoxy) is 4. The van der Waals surface area contributed by atoms with Crippen molar-refractivity contribution in [2.24, 2.45) is 0 Å². The van der Waals surface area contributed by atoms with Gasteiger partial charge in [-0.15, -0.1) is 0 Å². The van der Waals surface area contributed by atoms with Crippen LogP contribution in [0.25, 0.3) is 0 Å². The summed E-state index contributed by atoms with van der Waals surface area (Å²) in [7, 11) is 0. The third-order valence-corrected chi connectivity index (χ3v) is 5.63. The van der Waals surface area contributed by atoms with Gasteiger partial charge >= 0.3 is 0 Å². The summed E-state index contributed by atoms with van der Waals surface area (Å²) in [5.74, 6) is 0. The van der Waals surface area contributed by atoms with Crippen LogP contribution in [0.15, 0.2) is 91.0 Å². The molecule has 174 valence electrons. The van der Waals surface area contributed by atoms with E-state index in [1.54, 1.807) is 0 Å². The number of hydrogen-bond donors (Lipinski definition) is 2. The van der Waals surface area contributed by atoms with Gasteiger partial charge < -0.3 is 29.2 Å². The second-order valence-electron chi connectivity index (χ2n) is 8.04. The number of aliphatic hydroxyl groups is 2. The van der Waals surface area contributed by atoms with Gasteiger partial charge in [0, 0.05) is 0 Å². The van der Waals surface area contributed by atoms with Gasteiger partial charge in [-0.3, -0.25) is 0 Å². The number of aliphatic hydroxyl groups excluding tert-OH is 2. The Balaban J connectivity index is 1.52. The van der Waals surface area contributed by atoms with E-state index in [0.29, 0.717) is 13.2 Å². The van der Waals surface area contributed by atoms with E-state index in [1.807, 2.05) is 91.0 Å². The van der Waals surface area contributed by atoms with Crippen LogP contribution in [0.2, 0.25) is 0 Å². The summed E-state index contributed by atoms with van der Waals surface area (Å²) in [6.45, 7) is 0.540. The average molecular weight is 451 g/mol. The van der Waals surface area contributed by atoms with Gasteiger partial charge in [-0.1, -0.05) is 91.0 Å². The molecular weight excluding hydrogens is 420 g/mol. The fourth-order valence-electron chi connectivity index (χ4n) is 3.83. The summed E-state index contributed by atoms with van der Waals surface area (Å²) < 4.78 is 24.4. The van der Waals surface area contributed by atoms with Crippen molar-refractivity contribution >= 4 is 0 Å². The maximum atomic E-state index is 10.9. The molecule has 1 heterocycles.